The third-order valence-electron chi connectivity index (χ3n) is 3.09. The van der Waals surface area contributed by atoms with Gasteiger partial charge in [-0.05, 0) is 19.1 Å². The fourth-order valence-corrected chi connectivity index (χ4v) is 3.11. The number of halogens is 2. The highest BCUT2D eigenvalue weighted by atomic mass is 35.5. The third-order valence-corrected chi connectivity index (χ3v) is 4.70. The first-order valence-corrected chi connectivity index (χ1v) is 8.14. The molecule has 0 spiro atoms. The Labute approximate surface area is 145 Å². The Hall–Kier alpha value is -2.79. The van der Waals surface area contributed by atoms with Gasteiger partial charge in [0.25, 0.3) is 5.69 Å². The van der Waals surface area contributed by atoms with Crippen LogP contribution in [0.3, 0.4) is 0 Å². The number of nitrogens with zero attached hydrogens (tertiary/aromatic N) is 2. The average molecular weight is 391 g/mol. The molecule has 0 saturated heterocycles. The molecular formula is C13H8ClFN2O7S. The van der Waals surface area contributed by atoms with E-state index >= 15 is 0 Å². The second kappa shape index (κ2) is 6.61. The fraction of sp³-hybridized carbons (Fsp3) is 0.0769. The van der Waals surface area contributed by atoms with Gasteiger partial charge in [0.1, 0.15) is 10.7 Å². The van der Waals surface area contributed by atoms with Crippen LogP contribution in [0.25, 0.3) is 0 Å². The summed E-state index contributed by atoms with van der Waals surface area (Å²) in [6.45, 7) is 1.31. The molecular weight excluding hydrogens is 383 g/mol. The van der Waals surface area contributed by atoms with Crippen molar-refractivity contribution in [3.8, 4) is 5.75 Å². The quantitative estimate of drug-likeness (QED) is 0.434. The lowest BCUT2D eigenvalue weighted by Crippen LogP contribution is -2.12. The lowest BCUT2D eigenvalue weighted by Gasteiger charge is -2.09. The van der Waals surface area contributed by atoms with Crippen molar-refractivity contribution < 1.29 is 26.8 Å². The van der Waals surface area contributed by atoms with Crippen LogP contribution < -0.4 is 4.18 Å². The van der Waals surface area contributed by atoms with Crippen molar-refractivity contribution in [2.24, 2.45) is 0 Å². The predicted octanol–water partition coefficient (Wildman–Crippen LogP) is 3.37. The molecule has 0 bridgehead atoms. The van der Waals surface area contributed by atoms with Crippen molar-refractivity contribution in [1.82, 2.24) is 0 Å². The standard InChI is InChI=1S/C13H8ClFN2O7S/c1-7-10(14)5-9(6-12(7)17(20)21)25(22,23)24-13-4-8(15)2-3-11(13)16(18)19/h2-6H,1H3. The molecule has 0 aliphatic carbocycles. The van der Waals surface area contributed by atoms with Crippen LogP contribution in [-0.4, -0.2) is 18.3 Å². The summed E-state index contributed by atoms with van der Waals surface area (Å²) in [6, 6.07) is 3.59. The van der Waals surface area contributed by atoms with Gasteiger partial charge in [-0.15, -0.1) is 0 Å². The highest BCUT2D eigenvalue weighted by Crippen LogP contribution is 2.33. The number of hydrogen-bond donors (Lipinski definition) is 0. The van der Waals surface area contributed by atoms with E-state index in [1.807, 2.05) is 0 Å². The maximum absolute atomic E-state index is 13.3. The van der Waals surface area contributed by atoms with Gasteiger partial charge in [0.15, 0.2) is 0 Å². The van der Waals surface area contributed by atoms with Crippen molar-refractivity contribution in [1.29, 1.82) is 0 Å². The summed E-state index contributed by atoms with van der Waals surface area (Å²) in [5.41, 5.74) is -1.34. The predicted molar refractivity (Wildman–Crippen MR) is 83.7 cm³/mol. The summed E-state index contributed by atoms with van der Waals surface area (Å²) >= 11 is 5.79. The molecule has 0 saturated carbocycles. The molecule has 0 atom stereocenters. The van der Waals surface area contributed by atoms with E-state index < -0.39 is 47.8 Å². The summed E-state index contributed by atoms with van der Waals surface area (Å²) < 4.78 is 42.4. The van der Waals surface area contributed by atoms with E-state index in [4.69, 9.17) is 11.6 Å². The lowest BCUT2D eigenvalue weighted by atomic mass is 10.2. The second-order valence-corrected chi connectivity index (χ2v) is 6.67. The molecule has 132 valence electrons. The minimum Gasteiger partial charge on any atom is -0.371 e. The highest BCUT2D eigenvalue weighted by molar-refractivity contribution is 7.87. The summed E-state index contributed by atoms with van der Waals surface area (Å²) in [7, 11) is -4.74. The van der Waals surface area contributed by atoms with Gasteiger partial charge in [-0.1, -0.05) is 11.6 Å². The Bertz CT molecular complexity index is 994. The van der Waals surface area contributed by atoms with Gasteiger partial charge in [-0.25, -0.2) is 4.39 Å². The Kier molecular flexibility index (Phi) is 4.90. The van der Waals surface area contributed by atoms with Gasteiger partial charge in [0, 0.05) is 23.8 Å². The molecule has 0 amide bonds. The summed E-state index contributed by atoms with van der Waals surface area (Å²) in [5.74, 6) is -1.84. The molecule has 0 N–H and O–H groups in total. The lowest BCUT2D eigenvalue weighted by molar-refractivity contribution is -0.385. The first-order valence-electron chi connectivity index (χ1n) is 6.36. The van der Waals surface area contributed by atoms with E-state index in [-0.39, 0.29) is 10.6 Å². The van der Waals surface area contributed by atoms with Crippen LogP contribution in [0.15, 0.2) is 35.2 Å². The Morgan fingerprint density at radius 1 is 1.08 bits per heavy atom. The number of nitro groups is 2. The summed E-state index contributed by atoms with van der Waals surface area (Å²) in [6.07, 6.45) is 0. The smallest absolute Gasteiger partial charge is 0.339 e. The van der Waals surface area contributed by atoms with Gasteiger partial charge in [-0.2, -0.15) is 8.42 Å². The fourth-order valence-electron chi connectivity index (χ4n) is 1.85. The summed E-state index contributed by atoms with van der Waals surface area (Å²) in [5, 5.41) is 21.6. The first-order chi connectivity index (χ1) is 11.5. The Morgan fingerprint density at radius 3 is 2.24 bits per heavy atom. The minimum absolute atomic E-state index is 0.0300. The zero-order valence-electron chi connectivity index (χ0n) is 12.3. The second-order valence-electron chi connectivity index (χ2n) is 4.71. The van der Waals surface area contributed by atoms with Crippen LogP contribution in [0.4, 0.5) is 15.8 Å². The monoisotopic (exact) mass is 390 g/mol. The third kappa shape index (κ3) is 3.83. The van der Waals surface area contributed by atoms with Crippen LogP contribution in [-0.2, 0) is 10.1 Å². The van der Waals surface area contributed by atoms with Crippen molar-refractivity contribution in [2.45, 2.75) is 11.8 Å². The SMILES string of the molecule is Cc1c(Cl)cc(S(=O)(=O)Oc2cc(F)ccc2[N+](=O)[O-])cc1[N+](=O)[O-]. The van der Waals surface area contributed by atoms with Gasteiger partial charge in [-0.3, -0.25) is 20.2 Å². The van der Waals surface area contributed by atoms with Crippen LogP contribution >= 0.6 is 11.6 Å². The number of nitro benzene ring substituents is 2. The molecule has 25 heavy (non-hydrogen) atoms. The van der Waals surface area contributed by atoms with Crippen LogP contribution in [0.5, 0.6) is 5.75 Å². The first kappa shape index (κ1) is 18.5. The maximum atomic E-state index is 13.3. The highest BCUT2D eigenvalue weighted by Gasteiger charge is 2.27. The molecule has 2 aromatic rings. The van der Waals surface area contributed by atoms with Gasteiger partial charge in [0.2, 0.25) is 5.75 Å². The molecule has 0 aromatic heterocycles. The van der Waals surface area contributed by atoms with Crippen LogP contribution in [0.2, 0.25) is 5.02 Å². The molecule has 0 fully saturated rings. The van der Waals surface area contributed by atoms with Crippen LogP contribution in [0, 0.1) is 33.0 Å². The normalized spacial score (nSPS) is 11.2. The van der Waals surface area contributed by atoms with Crippen molar-refractivity contribution in [3.63, 3.8) is 0 Å². The molecule has 0 radical (unpaired) electrons. The van der Waals surface area contributed by atoms with Crippen molar-refractivity contribution in [2.75, 3.05) is 0 Å². The van der Waals surface area contributed by atoms with Crippen molar-refractivity contribution in [3.05, 3.63) is 67.0 Å². The molecule has 9 nitrogen and oxygen atoms in total. The van der Waals surface area contributed by atoms with Gasteiger partial charge < -0.3 is 4.18 Å². The largest absolute Gasteiger partial charge is 0.371 e. The zero-order chi connectivity index (χ0) is 18.9. The Balaban J connectivity index is 2.57. The van der Waals surface area contributed by atoms with Crippen LogP contribution in [0.1, 0.15) is 5.56 Å². The topological polar surface area (TPSA) is 130 Å². The van der Waals surface area contributed by atoms with E-state index in [1.165, 1.54) is 6.92 Å². The number of benzene rings is 2. The molecule has 0 aliphatic heterocycles. The molecule has 0 heterocycles. The molecule has 0 unspecified atom stereocenters. The van der Waals surface area contributed by atoms with E-state index in [0.717, 1.165) is 18.2 Å². The number of rotatable bonds is 5. The van der Waals surface area contributed by atoms with Crippen molar-refractivity contribution >= 4 is 33.1 Å². The van der Waals surface area contributed by atoms with E-state index in [1.54, 1.807) is 0 Å². The Morgan fingerprint density at radius 2 is 1.68 bits per heavy atom. The molecule has 12 heteroatoms. The maximum Gasteiger partial charge on any atom is 0.339 e. The van der Waals surface area contributed by atoms with E-state index in [2.05, 4.69) is 4.18 Å². The molecule has 2 rings (SSSR count). The zero-order valence-corrected chi connectivity index (χ0v) is 13.9. The van der Waals surface area contributed by atoms with Gasteiger partial charge >= 0.3 is 15.8 Å². The molecule has 2 aromatic carbocycles. The summed E-state index contributed by atoms with van der Waals surface area (Å²) in [4.78, 5) is 19.4. The van der Waals surface area contributed by atoms with E-state index in [9.17, 15) is 33.0 Å². The molecule has 0 aliphatic rings. The van der Waals surface area contributed by atoms with Gasteiger partial charge in [0.05, 0.1) is 14.9 Å². The number of hydrogen-bond acceptors (Lipinski definition) is 7. The average Bonchev–Trinajstić information content (AvgIpc) is 2.48. The van der Waals surface area contributed by atoms with E-state index in [0.29, 0.717) is 12.1 Å². The minimum atomic E-state index is -4.74.